The second kappa shape index (κ2) is 6.04. The lowest BCUT2D eigenvalue weighted by Gasteiger charge is -2.38. The van der Waals surface area contributed by atoms with Gasteiger partial charge in [-0.25, -0.2) is 0 Å². The summed E-state index contributed by atoms with van der Waals surface area (Å²) in [6, 6.07) is 1.75. The molecule has 0 saturated carbocycles. The maximum atomic E-state index is 10.5. The maximum Gasteiger partial charge on any atom is 0.204 e. The molecule has 0 radical (unpaired) electrons. The van der Waals surface area contributed by atoms with E-state index in [1.165, 1.54) is 5.57 Å². The van der Waals surface area contributed by atoms with Gasteiger partial charge in [0.05, 0.1) is 0 Å². The molecular weight excluding hydrogens is 288 g/mol. The van der Waals surface area contributed by atoms with Crippen LogP contribution in [0.25, 0.3) is 5.57 Å². The lowest BCUT2D eigenvalue weighted by molar-refractivity contribution is -0.0535. The van der Waals surface area contributed by atoms with Crippen LogP contribution in [0.5, 0.6) is 11.5 Å². The number of hydrogen-bond acceptors (Lipinski definition) is 3. The molecule has 3 nitrogen and oxygen atoms in total. The van der Waals surface area contributed by atoms with E-state index in [-0.39, 0.29) is 11.8 Å². The minimum atomic E-state index is -0.816. The van der Waals surface area contributed by atoms with Gasteiger partial charge in [0, 0.05) is 17.0 Å². The summed E-state index contributed by atoms with van der Waals surface area (Å²) in [4.78, 5) is 0. The Labute approximate surface area is 138 Å². The van der Waals surface area contributed by atoms with Gasteiger partial charge in [0.25, 0.3) is 0 Å². The van der Waals surface area contributed by atoms with Crippen LogP contribution in [0.15, 0.2) is 23.8 Å². The van der Waals surface area contributed by atoms with Gasteiger partial charge in [-0.2, -0.15) is 0 Å². The Morgan fingerprint density at radius 2 is 2.13 bits per heavy atom. The van der Waals surface area contributed by atoms with Gasteiger partial charge in [-0.15, -0.1) is 0 Å². The minimum Gasteiger partial charge on any atom is -0.508 e. The minimum absolute atomic E-state index is 0.0365. The molecule has 1 aromatic carbocycles. The Morgan fingerprint density at radius 3 is 2.83 bits per heavy atom. The van der Waals surface area contributed by atoms with Gasteiger partial charge >= 0.3 is 0 Å². The molecule has 0 aromatic heterocycles. The molecule has 0 spiro atoms. The highest BCUT2D eigenvalue weighted by atomic mass is 16.6. The Balaban J connectivity index is 2.05. The standard InChI is InChI=1S/C20H26O3/c1-11(2)6-5-7-15-14-9-8-12(3)17-16(21)10-13(4)19(18(14)17)23-20(15)22/h6,9-10,12,15,20-22H,5,7-8H2,1-4H3/t12-,15?,20?/m1/s1. The summed E-state index contributed by atoms with van der Waals surface area (Å²) in [7, 11) is 0. The number of aliphatic hydroxyl groups is 1. The van der Waals surface area contributed by atoms with Crippen LogP contribution in [0.2, 0.25) is 0 Å². The van der Waals surface area contributed by atoms with Gasteiger partial charge in [-0.3, -0.25) is 0 Å². The first-order valence-electron chi connectivity index (χ1n) is 8.45. The molecule has 3 heteroatoms. The number of benzene rings is 1. The number of rotatable bonds is 3. The monoisotopic (exact) mass is 314 g/mol. The topological polar surface area (TPSA) is 49.7 Å². The highest BCUT2D eigenvalue weighted by molar-refractivity contribution is 5.81. The van der Waals surface area contributed by atoms with E-state index >= 15 is 0 Å². The number of phenolic OH excluding ortho intramolecular Hbond substituents is 1. The number of aromatic hydroxyl groups is 1. The second-order valence-corrected chi connectivity index (χ2v) is 7.10. The van der Waals surface area contributed by atoms with Crippen LogP contribution in [0, 0.1) is 12.8 Å². The molecule has 3 rings (SSSR count). The van der Waals surface area contributed by atoms with E-state index in [0.29, 0.717) is 5.75 Å². The zero-order valence-electron chi connectivity index (χ0n) is 14.4. The molecule has 0 bridgehead atoms. The number of allylic oxidation sites excluding steroid dienone is 3. The first kappa shape index (κ1) is 16.1. The molecule has 2 N–H and O–H groups in total. The molecular formula is C20H26O3. The van der Waals surface area contributed by atoms with E-state index in [1.54, 1.807) is 6.07 Å². The number of phenols is 1. The zero-order valence-corrected chi connectivity index (χ0v) is 14.4. The van der Waals surface area contributed by atoms with Gasteiger partial charge in [0.15, 0.2) is 0 Å². The van der Waals surface area contributed by atoms with Crippen molar-refractivity contribution in [1.82, 2.24) is 0 Å². The SMILES string of the molecule is CC(C)=CCCC1C2=CC[C@@H](C)c3c(O)cc(C)c(c32)OC1O. The van der Waals surface area contributed by atoms with Gasteiger partial charge < -0.3 is 14.9 Å². The third-order valence-electron chi connectivity index (χ3n) is 4.97. The molecule has 1 aliphatic carbocycles. The van der Waals surface area contributed by atoms with E-state index in [1.807, 2.05) is 6.92 Å². The second-order valence-electron chi connectivity index (χ2n) is 7.10. The fourth-order valence-electron chi connectivity index (χ4n) is 3.80. The average Bonchev–Trinajstić information content (AvgIpc) is 2.47. The van der Waals surface area contributed by atoms with E-state index in [2.05, 4.69) is 32.9 Å². The molecule has 124 valence electrons. The summed E-state index contributed by atoms with van der Waals surface area (Å²) in [5.74, 6) is 1.32. The predicted octanol–water partition coefficient (Wildman–Crippen LogP) is 4.66. The maximum absolute atomic E-state index is 10.5. The average molecular weight is 314 g/mol. The number of aliphatic hydroxyl groups excluding tert-OH is 1. The summed E-state index contributed by atoms with van der Waals surface area (Å²) in [5.41, 5.74) is 5.31. The third kappa shape index (κ3) is 2.78. The fourth-order valence-corrected chi connectivity index (χ4v) is 3.80. The van der Waals surface area contributed by atoms with Crippen LogP contribution < -0.4 is 4.74 Å². The highest BCUT2D eigenvalue weighted by Gasteiger charge is 2.38. The molecule has 2 aliphatic rings. The highest BCUT2D eigenvalue weighted by Crippen LogP contribution is 2.52. The molecule has 2 unspecified atom stereocenters. The summed E-state index contributed by atoms with van der Waals surface area (Å²) < 4.78 is 5.87. The van der Waals surface area contributed by atoms with Crippen molar-refractivity contribution in [2.75, 3.05) is 0 Å². The first-order valence-corrected chi connectivity index (χ1v) is 8.45. The van der Waals surface area contributed by atoms with Crippen LogP contribution in [0.3, 0.4) is 0 Å². The van der Waals surface area contributed by atoms with Crippen LogP contribution in [0.1, 0.15) is 62.6 Å². The van der Waals surface area contributed by atoms with E-state index in [4.69, 9.17) is 4.74 Å². The van der Waals surface area contributed by atoms with Crippen LogP contribution in [-0.2, 0) is 0 Å². The summed E-state index contributed by atoms with van der Waals surface area (Å²) >= 11 is 0. The summed E-state index contributed by atoms with van der Waals surface area (Å²) in [6.45, 7) is 8.22. The molecule has 1 heterocycles. The largest absolute Gasteiger partial charge is 0.508 e. The molecule has 0 fully saturated rings. The van der Waals surface area contributed by atoms with Crippen molar-refractivity contribution in [1.29, 1.82) is 0 Å². The quantitative estimate of drug-likeness (QED) is 0.797. The number of aryl methyl sites for hydroxylation is 1. The van der Waals surface area contributed by atoms with Crippen LogP contribution >= 0.6 is 0 Å². The number of ether oxygens (including phenoxy) is 1. The van der Waals surface area contributed by atoms with Crippen molar-refractivity contribution in [3.8, 4) is 11.5 Å². The molecule has 1 aliphatic heterocycles. The Morgan fingerprint density at radius 1 is 1.39 bits per heavy atom. The summed E-state index contributed by atoms with van der Waals surface area (Å²) in [6.07, 6.45) is 6.27. The Hall–Kier alpha value is -1.74. The smallest absolute Gasteiger partial charge is 0.204 e. The Kier molecular flexibility index (Phi) is 4.24. The zero-order chi connectivity index (χ0) is 16.7. The molecule has 1 aromatic rings. The van der Waals surface area contributed by atoms with Crippen molar-refractivity contribution in [2.24, 2.45) is 5.92 Å². The lowest BCUT2D eigenvalue weighted by atomic mass is 9.75. The number of hydrogen-bond donors (Lipinski definition) is 2. The first-order chi connectivity index (χ1) is 10.9. The Bertz CT molecular complexity index is 681. The van der Waals surface area contributed by atoms with Gasteiger partial charge in [-0.1, -0.05) is 24.6 Å². The van der Waals surface area contributed by atoms with Gasteiger partial charge in [0.1, 0.15) is 11.5 Å². The van der Waals surface area contributed by atoms with E-state index in [0.717, 1.165) is 47.3 Å². The molecule has 0 amide bonds. The predicted molar refractivity (Wildman–Crippen MR) is 92.6 cm³/mol. The normalized spacial score (nSPS) is 25.3. The summed E-state index contributed by atoms with van der Waals surface area (Å²) in [5, 5.41) is 20.9. The van der Waals surface area contributed by atoms with E-state index in [9.17, 15) is 10.2 Å². The van der Waals surface area contributed by atoms with Crippen molar-refractivity contribution >= 4 is 5.57 Å². The molecule has 3 atom stereocenters. The van der Waals surface area contributed by atoms with Gasteiger partial charge in [0.2, 0.25) is 6.29 Å². The van der Waals surface area contributed by atoms with Crippen molar-refractivity contribution < 1.29 is 14.9 Å². The molecule has 23 heavy (non-hydrogen) atoms. The van der Waals surface area contributed by atoms with Crippen molar-refractivity contribution in [3.63, 3.8) is 0 Å². The van der Waals surface area contributed by atoms with Crippen LogP contribution in [-0.4, -0.2) is 16.5 Å². The third-order valence-corrected chi connectivity index (χ3v) is 4.97. The molecule has 0 saturated heterocycles. The van der Waals surface area contributed by atoms with Crippen LogP contribution in [0.4, 0.5) is 0 Å². The fraction of sp³-hybridized carbons (Fsp3) is 0.500. The lowest BCUT2D eigenvalue weighted by Crippen LogP contribution is -2.34. The van der Waals surface area contributed by atoms with Crippen molar-refractivity contribution in [3.05, 3.63) is 40.5 Å². The van der Waals surface area contributed by atoms with E-state index < -0.39 is 6.29 Å². The van der Waals surface area contributed by atoms with Gasteiger partial charge in [-0.05, 0) is 63.2 Å². The van der Waals surface area contributed by atoms with Crippen molar-refractivity contribution in [2.45, 2.75) is 59.2 Å².